The van der Waals surface area contributed by atoms with Gasteiger partial charge < -0.3 is 19.5 Å². The quantitative estimate of drug-likeness (QED) is 0.609. The summed E-state index contributed by atoms with van der Waals surface area (Å²) in [5, 5.41) is 20.4. The van der Waals surface area contributed by atoms with Crippen LogP contribution in [0.2, 0.25) is 0 Å². The normalized spacial score (nSPS) is 21.9. The molecule has 1 aliphatic heterocycles. The number of carbonyl (C=O) groups is 1. The Bertz CT molecular complexity index is 1140. The summed E-state index contributed by atoms with van der Waals surface area (Å²) in [7, 11) is 0. The van der Waals surface area contributed by atoms with Crippen molar-refractivity contribution in [2.45, 2.75) is 37.5 Å². The Morgan fingerprint density at radius 2 is 1.68 bits per heavy atom. The van der Waals surface area contributed by atoms with Crippen molar-refractivity contribution in [3.8, 4) is 11.4 Å². The largest absolute Gasteiger partial charge is 0.508 e. The van der Waals surface area contributed by atoms with Crippen LogP contribution in [0.25, 0.3) is 16.6 Å². The van der Waals surface area contributed by atoms with E-state index in [9.17, 15) is 23.8 Å². The van der Waals surface area contributed by atoms with Gasteiger partial charge in [0.25, 0.3) is 0 Å². The number of carboxylic acid groups (broad SMARTS) is 1. The van der Waals surface area contributed by atoms with Gasteiger partial charge in [-0.1, -0.05) is 0 Å². The fourth-order valence-electron chi connectivity index (χ4n) is 5.13. The Balaban J connectivity index is 1.77. The first-order valence-electron chi connectivity index (χ1n) is 10.6. The number of phenols is 1. The number of benzene rings is 2. The molecule has 2 fully saturated rings. The average molecular weight is 427 g/mol. The van der Waals surface area contributed by atoms with Gasteiger partial charge in [0.1, 0.15) is 17.4 Å². The number of hydrogen-bond donors (Lipinski definition) is 2. The van der Waals surface area contributed by atoms with Crippen LogP contribution in [0.1, 0.15) is 48.8 Å². The summed E-state index contributed by atoms with van der Waals surface area (Å²) in [4.78, 5) is 11.4. The highest BCUT2D eigenvalue weighted by atomic mass is 19.1. The van der Waals surface area contributed by atoms with Crippen LogP contribution in [0.3, 0.4) is 0 Å². The van der Waals surface area contributed by atoms with Crippen LogP contribution in [-0.2, 0) is 9.53 Å². The maximum atomic E-state index is 14.2. The van der Waals surface area contributed by atoms with Crippen molar-refractivity contribution in [3.63, 3.8) is 0 Å². The van der Waals surface area contributed by atoms with Crippen molar-refractivity contribution >= 4 is 16.9 Å². The van der Waals surface area contributed by atoms with E-state index in [0.717, 1.165) is 41.1 Å². The van der Waals surface area contributed by atoms with Gasteiger partial charge >= 0.3 is 5.97 Å². The van der Waals surface area contributed by atoms with Crippen LogP contribution in [0, 0.1) is 17.6 Å². The van der Waals surface area contributed by atoms with Crippen molar-refractivity contribution in [1.29, 1.82) is 0 Å². The van der Waals surface area contributed by atoms with Gasteiger partial charge in [0.2, 0.25) is 0 Å². The van der Waals surface area contributed by atoms with Crippen molar-refractivity contribution < 1.29 is 28.5 Å². The van der Waals surface area contributed by atoms with E-state index >= 15 is 0 Å². The molecule has 0 spiro atoms. The number of rotatable bonds is 4. The first-order chi connectivity index (χ1) is 14.9. The second-order valence-electron chi connectivity index (χ2n) is 8.55. The lowest BCUT2D eigenvalue weighted by Gasteiger charge is -2.35. The van der Waals surface area contributed by atoms with E-state index in [0.29, 0.717) is 31.7 Å². The second-order valence-corrected chi connectivity index (χ2v) is 8.55. The third-order valence-electron chi connectivity index (χ3n) is 6.64. The second kappa shape index (κ2) is 7.64. The van der Waals surface area contributed by atoms with E-state index in [1.807, 2.05) is 4.57 Å². The number of fused-ring (bicyclic) bond motifs is 1. The van der Waals surface area contributed by atoms with Gasteiger partial charge in [0, 0.05) is 36.3 Å². The Hall–Kier alpha value is -2.93. The first kappa shape index (κ1) is 20.0. The molecule has 0 bridgehead atoms. The Labute approximate surface area is 177 Å². The van der Waals surface area contributed by atoms with Gasteiger partial charge in [-0.05, 0) is 67.5 Å². The summed E-state index contributed by atoms with van der Waals surface area (Å²) >= 11 is 0. The third kappa shape index (κ3) is 3.47. The fraction of sp³-hybridized carbons (Fsp3) is 0.375. The van der Waals surface area contributed by atoms with E-state index in [4.69, 9.17) is 4.74 Å². The van der Waals surface area contributed by atoms with E-state index in [-0.39, 0.29) is 17.6 Å². The van der Waals surface area contributed by atoms with Crippen LogP contribution < -0.4 is 0 Å². The highest BCUT2D eigenvalue weighted by Crippen LogP contribution is 2.50. The molecule has 1 aliphatic carbocycles. The molecule has 7 heteroatoms. The Morgan fingerprint density at radius 3 is 2.32 bits per heavy atom. The molecule has 2 aliphatic rings. The number of nitrogens with zero attached hydrogens (tertiary/aromatic N) is 1. The number of ether oxygens (including phenoxy) is 1. The number of aromatic hydroxyl groups is 1. The standard InChI is InChI=1S/C24H23F2NO4/c25-16-9-17(26)11-18(10-16)27-21-2-1-19(28)12-20(21)22(14-7-15(8-14)24(29)30)23(27)13-3-5-31-6-4-13/h1-2,9-15,28H,3-8H2,(H,29,30). The number of phenolic OH excluding ortho intramolecular Hbond substituents is 1. The summed E-state index contributed by atoms with van der Waals surface area (Å²) in [5.74, 6) is -2.30. The molecule has 2 heterocycles. The lowest BCUT2D eigenvalue weighted by Crippen LogP contribution is -2.30. The van der Waals surface area contributed by atoms with Crippen LogP contribution in [0.4, 0.5) is 8.78 Å². The minimum Gasteiger partial charge on any atom is -0.508 e. The highest BCUT2D eigenvalue weighted by molar-refractivity contribution is 5.90. The van der Waals surface area contributed by atoms with Crippen LogP contribution >= 0.6 is 0 Å². The number of halogens is 2. The first-order valence-corrected chi connectivity index (χ1v) is 10.6. The molecule has 1 saturated heterocycles. The number of aromatic nitrogens is 1. The van der Waals surface area contributed by atoms with Gasteiger partial charge in [-0.15, -0.1) is 0 Å². The van der Waals surface area contributed by atoms with Gasteiger partial charge in [-0.3, -0.25) is 4.79 Å². The molecule has 162 valence electrons. The summed E-state index contributed by atoms with van der Waals surface area (Å²) in [5.41, 5.74) is 3.07. The molecule has 1 aromatic heterocycles. The van der Waals surface area contributed by atoms with Crippen LogP contribution in [-0.4, -0.2) is 34.0 Å². The molecule has 5 nitrogen and oxygen atoms in total. The highest BCUT2D eigenvalue weighted by Gasteiger charge is 2.40. The lowest BCUT2D eigenvalue weighted by atomic mass is 9.69. The maximum absolute atomic E-state index is 14.2. The van der Waals surface area contributed by atoms with Crippen molar-refractivity contribution in [1.82, 2.24) is 4.57 Å². The smallest absolute Gasteiger partial charge is 0.306 e. The van der Waals surface area contributed by atoms with Crippen molar-refractivity contribution in [2.75, 3.05) is 13.2 Å². The van der Waals surface area contributed by atoms with Crippen LogP contribution in [0.15, 0.2) is 36.4 Å². The zero-order chi connectivity index (χ0) is 21.7. The zero-order valence-corrected chi connectivity index (χ0v) is 16.9. The average Bonchev–Trinajstić information content (AvgIpc) is 3.01. The zero-order valence-electron chi connectivity index (χ0n) is 16.9. The molecule has 0 unspecified atom stereocenters. The maximum Gasteiger partial charge on any atom is 0.306 e. The molecular weight excluding hydrogens is 404 g/mol. The van der Waals surface area contributed by atoms with Gasteiger partial charge in [0.05, 0.1) is 17.1 Å². The molecule has 2 N–H and O–H groups in total. The molecule has 3 aromatic rings. The molecule has 0 amide bonds. The predicted octanol–water partition coefficient (Wildman–Crippen LogP) is 5.09. The molecular formula is C24H23F2NO4. The summed E-state index contributed by atoms with van der Waals surface area (Å²) in [6, 6.07) is 8.46. The molecule has 5 rings (SSSR count). The van der Waals surface area contributed by atoms with E-state index in [1.165, 1.54) is 12.1 Å². The Kier molecular flexibility index (Phi) is 4.93. The monoisotopic (exact) mass is 427 g/mol. The SMILES string of the molecule is O=C(O)C1CC(c2c(C3CCOCC3)n(-c3cc(F)cc(F)c3)c3ccc(O)cc23)C1. The molecule has 2 aromatic carbocycles. The third-order valence-corrected chi connectivity index (χ3v) is 6.64. The Morgan fingerprint density at radius 1 is 1.00 bits per heavy atom. The summed E-state index contributed by atoms with van der Waals surface area (Å²) < 4.78 is 35.7. The molecule has 0 atom stereocenters. The van der Waals surface area contributed by atoms with Crippen molar-refractivity contribution in [2.24, 2.45) is 5.92 Å². The molecule has 0 radical (unpaired) electrons. The lowest BCUT2D eigenvalue weighted by molar-refractivity contribution is -0.145. The molecule has 31 heavy (non-hydrogen) atoms. The summed E-state index contributed by atoms with van der Waals surface area (Å²) in [6.45, 7) is 1.19. The minimum absolute atomic E-state index is 0.0166. The fourth-order valence-corrected chi connectivity index (χ4v) is 5.13. The number of hydrogen-bond acceptors (Lipinski definition) is 3. The van der Waals surface area contributed by atoms with Crippen LogP contribution in [0.5, 0.6) is 5.75 Å². The van der Waals surface area contributed by atoms with Gasteiger partial charge in [-0.2, -0.15) is 0 Å². The topological polar surface area (TPSA) is 71.7 Å². The number of carboxylic acids is 1. The number of aliphatic carboxylic acids is 1. The van der Waals surface area contributed by atoms with E-state index in [1.54, 1.807) is 18.2 Å². The predicted molar refractivity (Wildman–Crippen MR) is 111 cm³/mol. The summed E-state index contributed by atoms with van der Waals surface area (Å²) in [6.07, 6.45) is 2.56. The van der Waals surface area contributed by atoms with Gasteiger partial charge in [-0.25, -0.2) is 8.78 Å². The van der Waals surface area contributed by atoms with E-state index < -0.39 is 23.5 Å². The van der Waals surface area contributed by atoms with Gasteiger partial charge in [0.15, 0.2) is 0 Å². The van der Waals surface area contributed by atoms with Crippen molar-refractivity contribution in [3.05, 3.63) is 59.3 Å². The van der Waals surface area contributed by atoms with E-state index in [2.05, 4.69) is 0 Å². The minimum atomic E-state index is -0.803. The molecule has 1 saturated carbocycles.